The highest BCUT2D eigenvalue weighted by molar-refractivity contribution is 5.98. The summed E-state index contributed by atoms with van der Waals surface area (Å²) in [6, 6.07) is 5.18. The van der Waals surface area contributed by atoms with Gasteiger partial charge in [-0.25, -0.2) is 4.39 Å². The van der Waals surface area contributed by atoms with E-state index in [-0.39, 0.29) is 23.9 Å². The van der Waals surface area contributed by atoms with Crippen LogP contribution < -0.4 is 10.2 Å². The van der Waals surface area contributed by atoms with E-state index >= 15 is 0 Å². The minimum absolute atomic E-state index is 0.191. The number of aliphatic hydroxyl groups excluding tert-OH is 1. The molecule has 0 radical (unpaired) electrons. The molecule has 0 bridgehead atoms. The van der Waals surface area contributed by atoms with E-state index in [1.807, 2.05) is 13.8 Å². The van der Waals surface area contributed by atoms with Crippen LogP contribution in [0.2, 0.25) is 0 Å². The number of nitrogens with one attached hydrogen (secondary N) is 1. The van der Waals surface area contributed by atoms with Gasteiger partial charge in [-0.2, -0.15) is 0 Å². The monoisotopic (exact) mass is 252 g/mol. The van der Waals surface area contributed by atoms with Crippen molar-refractivity contribution in [2.75, 3.05) is 18.1 Å². The lowest BCUT2D eigenvalue weighted by Gasteiger charge is -2.42. The van der Waals surface area contributed by atoms with Gasteiger partial charge >= 0.3 is 0 Å². The number of piperazine rings is 1. The molecule has 1 amide bonds. The standard InChI is InChI=1S/C13H17FN2O2/c1-13(2)8-16(12(18)11(7-17)15-13)10-5-3-9(14)4-6-10/h3-6,11,15,17H,7-8H2,1-2H3. The predicted octanol–water partition coefficient (Wildman–Crippen LogP) is 0.901. The molecule has 1 aliphatic rings. The molecule has 0 aromatic heterocycles. The van der Waals surface area contributed by atoms with Gasteiger partial charge < -0.3 is 10.0 Å². The maximum atomic E-state index is 12.9. The van der Waals surface area contributed by atoms with Gasteiger partial charge in [0.15, 0.2) is 0 Å². The van der Waals surface area contributed by atoms with Crippen LogP contribution in [0.4, 0.5) is 10.1 Å². The van der Waals surface area contributed by atoms with Crippen molar-refractivity contribution in [1.29, 1.82) is 0 Å². The van der Waals surface area contributed by atoms with Crippen molar-refractivity contribution in [2.24, 2.45) is 0 Å². The van der Waals surface area contributed by atoms with Gasteiger partial charge in [0.1, 0.15) is 11.9 Å². The lowest BCUT2D eigenvalue weighted by Crippen LogP contribution is -2.66. The summed E-state index contributed by atoms with van der Waals surface area (Å²) in [6.45, 7) is 4.14. The summed E-state index contributed by atoms with van der Waals surface area (Å²) in [6.07, 6.45) is 0. The van der Waals surface area contributed by atoms with Gasteiger partial charge in [-0.15, -0.1) is 0 Å². The second-order valence-corrected chi connectivity index (χ2v) is 5.16. The van der Waals surface area contributed by atoms with Crippen LogP contribution in [0.25, 0.3) is 0 Å². The van der Waals surface area contributed by atoms with E-state index in [9.17, 15) is 14.3 Å². The van der Waals surface area contributed by atoms with Gasteiger partial charge in [-0.05, 0) is 38.1 Å². The van der Waals surface area contributed by atoms with Crippen molar-refractivity contribution in [1.82, 2.24) is 5.32 Å². The summed E-state index contributed by atoms with van der Waals surface area (Å²) in [5.41, 5.74) is 0.352. The lowest BCUT2D eigenvalue weighted by atomic mass is 9.97. The van der Waals surface area contributed by atoms with Crippen molar-refractivity contribution in [3.05, 3.63) is 30.1 Å². The third-order valence-corrected chi connectivity index (χ3v) is 3.00. The van der Waals surface area contributed by atoms with Gasteiger partial charge in [0.25, 0.3) is 0 Å². The summed E-state index contributed by atoms with van der Waals surface area (Å²) >= 11 is 0. The number of carbonyl (C=O) groups is 1. The van der Waals surface area contributed by atoms with Crippen LogP contribution in [-0.2, 0) is 4.79 Å². The molecule has 4 nitrogen and oxygen atoms in total. The summed E-state index contributed by atoms with van der Waals surface area (Å²) in [4.78, 5) is 13.7. The minimum atomic E-state index is -0.612. The average molecular weight is 252 g/mol. The first-order valence-corrected chi connectivity index (χ1v) is 5.88. The summed E-state index contributed by atoms with van der Waals surface area (Å²) in [5, 5.41) is 12.3. The minimum Gasteiger partial charge on any atom is -0.394 e. The number of halogens is 1. The van der Waals surface area contributed by atoms with Crippen LogP contribution in [0.15, 0.2) is 24.3 Å². The highest BCUT2D eigenvalue weighted by atomic mass is 19.1. The second-order valence-electron chi connectivity index (χ2n) is 5.16. The number of amides is 1. The predicted molar refractivity (Wildman–Crippen MR) is 66.8 cm³/mol. The molecule has 1 aromatic carbocycles. The highest BCUT2D eigenvalue weighted by Crippen LogP contribution is 2.23. The number of rotatable bonds is 2. The molecule has 2 rings (SSSR count). The Bertz CT molecular complexity index is 445. The fourth-order valence-electron chi connectivity index (χ4n) is 2.20. The third-order valence-electron chi connectivity index (χ3n) is 3.00. The van der Waals surface area contributed by atoms with E-state index in [0.717, 1.165) is 0 Å². The molecule has 1 heterocycles. The average Bonchev–Trinajstić information content (AvgIpc) is 2.33. The normalized spacial score (nSPS) is 23.2. The Kier molecular flexibility index (Phi) is 3.36. The highest BCUT2D eigenvalue weighted by Gasteiger charge is 2.38. The van der Waals surface area contributed by atoms with Crippen LogP contribution in [0, 0.1) is 5.82 Å². The Labute approximate surface area is 105 Å². The van der Waals surface area contributed by atoms with Gasteiger partial charge in [0.2, 0.25) is 5.91 Å². The molecular weight excluding hydrogens is 235 g/mol. The Morgan fingerprint density at radius 2 is 2.06 bits per heavy atom. The Morgan fingerprint density at radius 1 is 1.44 bits per heavy atom. The molecule has 5 heteroatoms. The third kappa shape index (κ3) is 2.52. The Balaban J connectivity index is 2.30. The maximum Gasteiger partial charge on any atom is 0.246 e. The molecule has 1 unspecified atom stereocenters. The number of hydrogen-bond acceptors (Lipinski definition) is 3. The van der Waals surface area contributed by atoms with Crippen LogP contribution in [0.3, 0.4) is 0 Å². The fraction of sp³-hybridized carbons (Fsp3) is 0.462. The molecule has 18 heavy (non-hydrogen) atoms. The van der Waals surface area contributed by atoms with E-state index in [4.69, 9.17) is 0 Å². The quantitative estimate of drug-likeness (QED) is 0.822. The largest absolute Gasteiger partial charge is 0.394 e. The van der Waals surface area contributed by atoms with E-state index in [1.165, 1.54) is 12.1 Å². The lowest BCUT2D eigenvalue weighted by molar-refractivity contribution is -0.124. The van der Waals surface area contributed by atoms with Crippen molar-refractivity contribution in [2.45, 2.75) is 25.4 Å². The molecule has 0 spiro atoms. The molecule has 1 fully saturated rings. The number of aliphatic hydroxyl groups is 1. The van der Waals surface area contributed by atoms with Crippen LogP contribution in [0.5, 0.6) is 0 Å². The number of benzene rings is 1. The van der Waals surface area contributed by atoms with E-state index < -0.39 is 6.04 Å². The molecule has 2 N–H and O–H groups in total. The first-order valence-electron chi connectivity index (χ1n) is 5.88. The van der Waals surface area contributed by atoms with Crippen molar-refractivity contribution in [3.63, 3.8) is 0 Å². The van der Waals surface area contributed by atoms with Gasteiger partial charge in [-0.1, -0.05) is 0 Å². The van der Waals surface area contributed by atoms with Gasteiger partial charge in [0, 0.05) is 17.8 Å². The first kappa shape index (κ1) is 13.0. The zero-order valence-corrected chi connectivity index (χ0v) is 10.5. The zero-order chi connectivity index (χ0) is 13.3. The number of anilines is 1. The van der Waals surface area contributed by atoms with E-state index in [0.29, 0.717) is 12.2 Å². The molecule has 0 saturated carbocycles. The van der Waals surface area contributed by atoms with Crippen LogP contribution >= 0.6 is 0 Å². The maximum absolute atomic E-state index is 12.9. The van der Waals surface area contributed by atoms with Crippen LogP contribution in [-0.4, -0.2) is 35.7 Å². The Morgan fingerprint density at radius 3 is 2.61 bits per heavy atom. The summed E-state index contributed by atoms with van der Waals surface area (Å²) in [7, 11) is 0. The molecule has 98 valence electrons. The topological polar surface area (TPSA) is 52.6 Å². The van der Waals surface area contributed by atoms with Crippen molar-refractivity contribution < 1.29 is 14.3 Å². The zero-order valence-electron chi connectivity index (χ0n) is 10.5. The van der Waals surface area contributed by atoms with Crippen LogP contribution in [0.1, 0.15) is 13.8 Å². The smallest absolute Gasteiger partial charge is 0.246 e. The molecule has 0 aliphatic carbocycles. The first-order chi connectivity index (χ1) is 8.43. The fourth-order valence-corrected chi connectivity index (χ4v) is 2.20. The summed E-state index contributed by atoms with van der Waals surface area (Å²) < 4.78 is 12.9. The van der Waals surface area contributed by atoms with Gasteiger partial charge in [-0.3, -0.25) is 10.1 Å². The van der Waals surface area contributed by atoms with Gasteiger partial charge in [0.05, 0.1) is 6.61 Å². The van der Waals surface area contributed by atoms with E-state index in [2.05, 4.69) is 5.32 Å². The second kappa shape index (κ2) is 4.66. The molecule has 1 atom stereocenters. The number of hydrogen-bond donors (Lipinski definition) is 2. The molecule has 1 aromatic rings. The molecule has 1 aliphatic heterocycles. The Hall–Kier alpha value is -1.46. The molecule has 1 saturated heterocycles. The van der Waals surface area contributed by atoms with E-state index in [1.54, 1.807) is 17.0 Å². The number of nitrogens with zero attached hydrogens (tertiary/aromatic N) is 1. The number of carbonyl (C=O) groups excluding carboxylic acids is 1. The van der Waals surface area contributed by atoms with Crippen molar-refractivity contribution >= 4 is 11.6 Å². The molecular formula is C13H17FN2O2. The SMILES string of the molecule is CC1(C)CN(c2ccc(F)cc2)C(=O)C(CO)N1. The van der Waals surface area contributed by atoms with Crippen molar-refractivity contribution in [3.8, 4) is 0 Å². The summed E-state index contributed by atoms with van der Waals surface area (Å²) in [5.74, 6) is -0.525.